The zero-order valence-electron chi connectivity index (χ0n) is 9.82. The summed E-state index contributed by atoms with van der Waals surface area (Å²) in [4.78, 5) is 22.9. The van der Waals surface area contributed by atoms with Crippen LogP contribution in [0.5, 0.6) is 0 Å². The maximum Gasteiger partial charge on any atom is 0.251 e. The van der Waals surface area contributed by atoms with E-state index in [4.69, 9.17) is 0 Å². The van der Waals surface area contributed by atoms with Crippen LogP contribution in [0.1, 0.15) is 11.4 Å². The fraction of sp³-hybridized carbons (Fsp3) is 0.250. The van der Waals surface area contributed by atoms with Crippen molar-refractivity contribution in [1.29, 1.82) is 0 Å². The molecule has 0 saturated carbocycles. The lowest BCUT2D eigenvalue weighted by atomic mass is 10.3. The number of pyridine rings is 1. The second-order valence-corrected chi connectivity index (χ2v) is 3.78. The highest BCUT2D eigenvalue weighted by Crippen LogP contribution is 2.10. The number of aromatic amines is 1. The van der Waals surface area contributed by atoms with E-state index in [1.54, 1.807) is 0 Å². The first-order valence-electron chi connectivity index (χ1n) is 5.38. The van der Waals surface area contributed by atoms with Gasteiger partial charge in [0, 0.05) is 18.3 Å². The second-order valence-electron chi connectivity index (χ2n) is 3.78. The van der Waals surface area contributed by atoms with Crippen LogP contribution in [-0.2, 0) is 6.54 Å². The summed E-state index contributed by atoms with van der Waals surface area (Å²) in [5, 5.41) is 2.97. The van der Waals surface area contributed by atoms with Crippen LogP contribution in [-0.4, -0.2) is 22.0 Å². The molecule has 2 aromatic rings. The zero-order chi connectivity index (χ0) is 12.3. The van der Waals surface area contributed by atoms with Crippen molar-refractivity contribution in [2.45, 2.75) is 13.5 Å². The zero-order valence-corrected chi connectivity index (χ0v) is 9.82. The van der Waals surface area contributed by atoms with Gasteiger partial charge in [-0.1, -0.05) is 6.07 Å². The average molecular weight is 230 g/mol. The van der Waals surface area contributed by atoms with Crippen LogP contribution in [0, 0.1) is 6.92 Å². The summed E-state index contributed by atoms with van der Waals surface area (Å²) in [5.41, 5.74) is 2.11. The molecule has 0 bridgehead atoms. The van der Waals surface area contributed by atoms with E-state index < -0.39 is 0 Å². The summed E-state index contributed by atoms with van der Waals surface area (Å²) < 4.78 is 0. The molecule has 0 atom stereocenters. The molecule has 2 heterocycles. The SMILES string of the molecule is CNCc1cc(=O)[nH]c(-c2cccc(C)n2)n1. The van der Waals surface area contributed by atoms with Crippen LogP contribution in [0.25, 0.3) is 11.5 Å². The van der Waals surface area contributed by atoms with E-state index in [-0.39, 0.29) is 5.56 Å². The number of rotatable bonds is 3. The lowest BCUT2D eigenvalue weighted by molar-refractivity contribution is 0.784. The number of hydrogen-bond donors (Lipinski definition) is 2. The van der Waals surface area contributed by atoms with Gasteiger partial charge in [0.05, 0.1) is 5.69 Å². The molecule has 0 radical (unpaired) electrons. The van der Waals surface area contributed by atoms with Crippen LogP contribution in [0.4, 0.5) is 0 Å². The molecule has 0 aliphatic rings. The van der Waals surface area contributed by atoms with Gasteiger partial charge in [-0.25, -0.2) is 9.97 Å². The van der Waals surface area contributed by atoms with Crippen LogP contribution in [0.3, 0.4) is 0 Å². The molecular formula is C12H14N4O. The van der Waals surface area contributed by atoms with Gasteiger partial charge in [0.2, 0.25) is 0 Å². The van der Waals surface area contributed by atoms with Gasteiger partial charge in [-0.2, -0.15) is 0 Å². The Labute approximate surface area is 99.0 Å². The monoisotopic (exact) mass is 230 g/mol. The van der Waals surface area contributed by atoms with Crippen molar-refractivity contribution in [2.24, 2.45) is 0 Å². The number of aromatic nitrogens is 3. The van der Waals surface area contributed by atoms with Crippen molar-refractivity contribution in [2.75, 3.05) is 7.05 Å². The summed E-state index contributed by atoms with van der Waals surface area (Å²) in [6.45, 7) is 2.46. The van der Waals surface area contributed by atoms with Crippen molar-refractivity contribution >= 4 is 0 Å². The maximum atomic E-state index is 11.5. The molecule has 0 fully saturated rings. The van der Waals surface area contributed by atoms with Crippen molar-refractivity contribution in [1.82, 2.24) is 20.3 Å². The summed E-state index contributed by atoms with van der Waals surface area (Å²) in [6, 6.07) is 7.10. The largest absolute Gasteiger partial charge is 0.314 e. The number of H-pyrrole nitrogens is 1. The number of aryl methyl sites for hydroxylation is 1. The first-order valence-corrected chi connectivity index (χ1v) is 5.38. The van der Waals surface area contributed by atoms with E-state index in [1.807, 2.05) is 32.2 Å². The van der Waals surface area contributed by atoms with E-state index in [2.05, 4.69) is 20.3 Å². The third-order valence-electron chi connectivity index (χ3n) is 2.28. The Morgan fingerprint density at radius 2 is 2.18 bits per heavy atom. The Hall–Kier alpha value is -2.01. The van der Waals surface area contributed by atoms with Crippen molar-refractivity contribution in [3.05, 3.63) is 46.0 Å². The molecule has 0 spiro atoms. The van der Waals surface area contributed by atoms with Gasteiger partial charge in [-0.15, -0.1) is 0 Å². The van der Waals surface area contributed by atoms with E-state index in [1.165, 1.54) is 6.07 Å². The number of hydrogen-bond acceptors (Lipinski definition) is 4. The van der Waals surface area contributed by atoms with Gasteiger partial charge in [-0.3, -0.25) is 4.79 Å². The van der Waals surface area contributed by atoms with Gasteiger partial charge in [-0.05, 0) is 26.1 Å². The molecule has 0 amide bonds. The predicted molar refractivity (Wildman–Crippen MR) is 65.6 cm³/mol. The minimum Gasteiger partial charge on any atom is -0.314 e. The van der Waals surface area contributed by atoms with Crippen LogP contribution < -0.4 is 10.9 Å². The van der Waals surface area contributed by atoms with Gasteiger partial charge < -0.3 is 10.3 Å². The highest BCUT2D eigenvalue weighted by atomic mass is 16.1. The average Bonchev–Trinajstić information content (AvgIpc) is 2.28. The van der Waals surface area contributed by atoms with Gasteiger partial charge in [0.25, 0.3) is 5.56 Å². The lowest BCUT2D eigenvalue weighted by Crippen LogP contribution is -2.15. The molecular weight excluding hydrogens is 216 g/mol. The minimum atomic E-state index is -0.163. The molecule has 5 nitrogen and oxygen atoms in total. The minimum absolute atomic E-state index is 0.163. The Morgan fingerprint density at radius 1 is 1.35 bits per heavy atom. The number of nitrogens with zero attached hydrogens (tertiary/aromatic N) is 2. The van der Waals surface area contributed by atoms with Crippen molar-refractivity contribution < 1.29 is 0 Å². The van der Waals surface area contributed by atoms with E-state index >= 15 is 0 Å². The van der Waals surface area contributed by atoms with Crippen LogP contribution in [0.2, 0.25) is 0 Å². The van der Waals surface area contributed by atoms with E-state index in [0.717, 1.165) is 5.69 Å². The topological polar surface area (TPSA) is 70.7 Å². The summed E-state index contributed by atoms with van der Waals surface area (Å²) in [7, 11) is 1.81. The van der Waals surface area contributed by atoms with Gasteiger partial charge in [0.1, 0.15) is 5.69 Å². The second kappa shape index (κ2) is 4.88. The molecule has 0 aliphatic carbocycles. The van der Waals surface area contributed by atoms with Gasteiger partial charge >= 0.3 is 0 Å². The Morgan fingerprint density at radius 3 is 2.88 bits per heavy atom. The van der Waals surface area contributed by atoms with E-state index in [0.29, 0.717) is 23.8 Å². The third-order valence-corrected chi connectivity index (χ3v) is 2.28. The van der Waals surface area contributed by atoms with Crippen molar-refractivity contribution in [3.63, 3.8) is 0 Å². The third kappa shape index (κ3) is 2.76. The number of nitrogens with one attached hydrogen (secondary N) is 2. The summed E-state index contributed by atoms with van der Waals surface area (Å²) in [6.07, 6.45) is 0. The molecule has 5 heteroatoms. The molecule has 17 heavy (non-hydrogen) atoms. The molecule has 2 N–H and O–H groups in total. The van der Waals surface area contributed by atoms with Gasteiger partial charge in [0.15, 0.2) is 5.82 Å². The highest BCUT2D eigenvalue weighted by Gasteiger charge is 2.04. The Kier molecular flexibility index (Phi) is 3.30. The van der Waals surface area contributed by atoms with Crippen molar-refractivity contribution in [3.8, 4) is 11.5 Å². The maximum absolute atomic E-state index is 11.5. The first-order chi connectivity index (χ1) is 8.19. The Balaban J connectivity index is 2.48. The molecule has 88 valence electrons. The summed E-state index contributed by atoms with van der Waals surface area (Å²) >= 11 is 0. The summed E-state index contributed by atoms with van der Waals surface area (Å²) in [5.74, 6) is 0.506. The molecule has 0 aromatic carbocycles. The molecule has 2 aromatic heterocycles. The molecule has 2 rings (SSSR count). The normalized spacial score (nSPS) is 10.5. The van der Waals surface area contributed by atoms with Crippen LogP contribution in [0.15, 0.2) is 29.1 Å². The lowest BCUT2D eigenvalue weighted by Gasteiger charge is -2.04. The quantitative estimate of drug-likeness (QED) is 0.820. The molecule has 0 aliphatic heterocycles. The smallest absolute Gasteiger partial charge is 0.251 e. The highest BCUT2D eigenvalue weighted by molar-refractivity contribution is 5.48. The van der Waals surface area contributed by atoms with Crippen LogP contribution >= 0.6 is 0 Å². The van der Waals surface area contributed by atoms with E-state index in [9.17, 15) is 4.79 Å². The standard InChI is InChI=1S/C12H14N4O/c1-8-4-3-5-10(14-8)12-15-9(7-13-2)6-11(17)16-12/h3-6,13H,7H2,1-2H3,(H,15,16,17). The predicted octanol–water partition coefficient (Wildman–Crippen LogP) is 0.860. The molecule has 0 saturated heterocycles. The fourth-order valence-electron chi connectivity index (χ4n) is 1.58. The first kappa shape index (κ1) is 11.5. The molecule has 0 unspecified atom stereocenters. The fourth-order valence-corrected chi connectivity index (χ4v) is 1.58. The Bertz CT molecular complexity index is 577.